The molecule has 1 amide bonds. The Morgan fingerprint density at radius 1 is 1.04 bits per heavy atom. The van der Waals surface area contributed by atoms with E-state index in [2.05, 4.69) is 5.32 Å². The Hall–Kier alpha value is -1.89. The average molecular weight is 397 g/mol. The van der Waals surface area contributed by atoms with Gasteiger partial charge in [0.15, 0.2) is 9.84 Å². The molecule has 0 aliphatic rings. The van der Waals surface area contributed by atoms with Crippen LogP contribution in [0.4, 0.5) is 0 Å². The molecule has 0 bridgehead atoms. The zero-order valence-electron chi connectivity index (χ0n) is 15.2. The van der Waals surface area contributed by atoms with Crippen molar-refractivity contribution in [3.8, 4) is 0 Å². The van der Waals surface area contributed by atoms with E-state index in [-0.39, 0.29) is 24.1 Å². The minimum atomic E-state index is -3.41. The average Bonchev–Trinajstić information content (AvgIpc) is 2.52. The third-order valence-electron chi connectivity index (χ3n) is 3.66. The number of benzene rings is 2. The highest BCUT2D eigenvalue weighted by molar-refractivity contribution is 7.90. The molecule has 0 spiro atoms. The van der Waals surface area contributed by atoms with Gasteiger partial charge in [0.25, 0.3) is 5.91 Å². The van der Waals surface area contributed by atoms with Gasteiger partial charge in [0.1, 0.15) is 0 Å². The van der Waals surface area contributed by atoms with Gasteiger partial charge in [-0.2, -0.15) is 0 Å². The molecular formula is C19H25ClN2O3S. The van der Waals surface area contributed by atoms with E-state index in [1.165, 1.54) is 0 Å². The first-order chi connectivity index (χ1) is 11.6. The largest absolute Gasteiger partial charge is 0.350 e. The fraction of sp³-hybridized carbons (Fsp3) is 0.316. The Balaban J connectivity index is 0.00000338. The number of rotatable bonds is 6. The van der Waals surface area contributed by atoms with Crippen LogP contribution in [0.5, 0.6) is 0 Å². The second-order valence-corrected chi connectivity index (χ2v) is 8.93. The van der Waals surface area contributed by atoms with Gasteiger partial charge in [-0.05, 0) is 50.6 Å². The summed E-state index contributed by atoms with van der Waals surface area (Å²) in [6.45, 7) is 5.92. The fourth-order valence-electron chi connectivity index (χ4n) is 2.21. The predicted octanol–water partition coefficient (Wildman–Crippen LogP) is 2.86. The van der Waals surface area contributed by atoms with E-state index in [1.807, 2.05) is 20.8 Å². The Morgan fingerprint density at radius 3 is 2.08 bits per heavy atom. The summed E-state index contributed by atoms with van der Waals surface area (Å²) < 4.78 is 24.9. The van der Waals surface area contributed by atoms with Gasteiger partial charge in [-0.25, -0.2) is 8.42 Å². The predicted molar refractivity (Wildman–Crippen MR) is 106 cm³/mol. The lowest BCUT2D eigenvalue weighted by molar-refractivity contribution is 0.0946. The Morgan fingerprint density at radius 2 is 1.58 bits per heavy atom. The quantitative estimate of drug-likeness (QED) is 0.785. The van der Waals surface area contributed by atoms with Crippen LogP contribution >= 0.6 is 12.4 Å². The number of carbonyl (C=O) groups is 1. The minimum Gasteiger partial charge on any atom is -0.350 e. The molecule has 0 fully saturated rings. The van der Waals surface area contributed by atoms with Crippen LogP contribution < -0.4 is 11.1 Å². The third-order valence-corrected chi connectivity index (χ3v) is 5.36. The first-order valence-corrected chi connectivity index (χ1v) is 9.67. The van der Waals surface area contributed by atoms with E-state index in [4.69, 9.17) is 5.73 Å². The summed E-state index contributed by atoms with van der Waals surface area (Å²) in [4.78, 5) is 12.4. The summed E-state index contributed by atoms with van der Waals surface area (Å²) in [5.74, 6) is -0.334. The number of amides is 1. The van der Waals surface area contributed by atoms with Crippen molar-refractivity contribution < 1.29 is 13.2 Å². The Kier molecular flexibility index (Phi) is 7.38. The van der Waals surface area contributed by atoms with Gasteiger partial charge < -0.3 is 11.1 Å². The highest BCUT2D eigenvalue weighted by Gasteiger charge is 2.16. The van der Waals surface area contributed by atoms with Crippen LogP contribution in [0.15, 0.2) is 53.4 Å². The van der Waals surface area contributed by atoms with E-state index >= 15 is 0 Å². The molecule has 0 saturated carbocycles. The van der Waals surface area contributed by atoms with Crippen LogP contribution in [0.3, 0.4) is 0 Å². The van der Waals surface area contributed by atoms with Gasteiger partial charge in [-0.15, -0.1) is 12.4 Å². The molecule has 0 atom stereocenters. The lowest BCUT2D eigenvalue weighted by Crippen LogP contribution is -2.45. The first-order valence-electron chi connectivity index (χ1n) is 8.02. The summed E-state index contributed by atoms with van der Waals surface area (Å²) in [7, 11) is -3.41. The molecule has 2 rings (SSSR count). The molecule has 26 heavy (non-hydrogen) atoms. The van der Waals surface area contributed by atoms with Crippen molar-refractivity contribution in [1.29, 1.82) is 0 Å². The molecule has 2 aromatic carbocycles. The third kappa shape index (κ3) is 6.44. The number of hydrogen-bond donors (Lipinski definition) is 2. The molecule has 5 nitrogen and oxygen atoms in total. The first kappa shape index (κ1) is 22.2. The van der Waals surface area contributed by atoms with Gasteiger partial charge in [0, 0.05) is 17.6 Å². The minimum absolute atomic E-state index is 0. The van der Waals surface area contributed by atoms with Gasteiger partial charge in [0.05, 0.1) is 10.6 Å². The molecule has 142 valence electrons. The van der Waals surface area contributed by atoms with Crippen molar-refractivity contribution in [2.45, 2.75) is 37.0 Å². The molecule has 0 aliphatic heterocycles. The summed E-state index contributed by atoms with van der Waals surface area (Å²) in [6.07, 6.45) is 0. The Labute approximate surface area is 161 Å². The number of carbonyl (C=O) groups excluding carboxylic acids is 1. The lowest BCUT2D eigenvalue weighted by atomic mass is 10.1. The van der Waals surface area contributed by atoms with E-state index < -0.39 is 15.4 Å². The SMILES string of the molecule is Cc1ccc(S(=O)(=O)Cc2ccc(C(=O)NCC(C)(C)N)cc2)cc1.Cl. The zero-order valence-corrected chi connectivity index (χ0v) is 16.8. The number of nitrogens with one attached hydrogen (secondary N) is 1. The second kappa shape index (κ2) is 8.66. The Bertz CT molecular complexity index is 840. The molecule has 0 unspecified atom stereocenters. The summed E-state index contributed by atoms with van der Waals surface area (Å²) in [5.41, 5.74) is 7.47. The van der Waals surface area contributed by atoms with Crippen LogP contribution in [-0.2, 0) is 15.6 Å². The number of sulfone groups is 1. The van der Waals surface area contributed by atoms with Gasteiger partial charge in [-0.3, -0.25) is 4.79 Å². The summed E-state index contributed by atoms with van der Waals surface area (Å²) in [5, 5.41) is 2.76. The van der Waals surface area contributed by atoms with Crippen LogP contribution in [0.1, 0.15) is 35.3 Å². The van der Waals surface area contributed by atoms with E-state index in [9.17, 15) is 13.2 Å². The standard InChI is InChI=1S/C19H24N2O3S.ClH/c1-14-4-10-17(11-5-14)25(23,24)12-15-6-8-16(9-7-15)18(22)21-13-19(2,3)20;/h4-11H,12-13,20H2,1-3H3,(H,21,22);1H. The normalized spacial score (nSPS) is 11.5. The topological polar surface area (TPSA) is 89.3 Å². The molecule has 0 heterocycles. The number of nitrogens with two attached hydrogens (primary N) is 1. The highest BCUT2D eigenvalue weighted by atomic mass is 35.5. The summed E-state index contributed by atoms with van der Waals surface area (Å²) in [6, 6.07) is 13.3. The van der Waals surface area contributed by atoms with Crippen LogP contribution in [-0.4, -0.2) is 26.4 Å². The van der Waals surface area contributed by atoms with Crippen molar-refractivity contribution in [1.82, 2.24) is 5.32 Å². The second-order valence-electron chi connectivity index (χ2n) is 6.94. The number of halogens is 1. The van der Waals surface area contributed by atoms with Gasteiger partial charge in [-0.1, -0.05) is 29.8 Å². The molecule has 0 radical (unpaired) electrons. The molecule has 0 aromatic heterocycles. The molecule has 3 N–H and O–H groups in total. The maximum atomic E-state index is 12.5. The van der Waals surface area contributed by atoms with E-state index in [0.717, 1.165) is 5.56 Å². The molecule has 0 aliphatic carbocycles. The maximum Gasteiger partial charge on any atom is 0.251 e. The highest BCUT2D eigenvalue weighted by Crippen LogP contribution is 2.17. The monoisotopic (exact) mass is 396 g/mol. The fourth-order valence-corrected chi connectivity index (χ4v) is 3.56. The van der Waals surface area contributed by atoms with Crippen molar-refractivity contribution in [2.75, 3.05) is 6.54 Å². The van der Waals surface area contributed by atoms with Crippen LogP contribution in [0.2, 0.25) is 0 Å². The number of aryl methyl sites for hydroxylation is 1. The van der Waals surface area contributed by atoms with E-state index in [1.54, 1.807) is 48.5 Å². The number of hydrogen-bond acceptors (Lipinski definition) is 4. The smallest absolute Gasteiger partial charge is 0.251 e. The van der Waals surface area contributed by atoms with Crippen molar-refractivity contribution in [3.63, 3.8) is 0 Å². The molecule has 7 heteroatoms. The summed E-state index contributed by atoms with van der Waals surface area (Å²) >= 11 is 0. The molecular weight excluding hydrogens is 372 g/mol. The van der Waals surface area contributed by atoms with Gasteiger partial charge in [0.2, 0.25) is 0 Å². The zero-order chi connectivity index (χ0) is 18.7. The maximum absolute atomic E-state index is 12.5. The van der Waals surface area contributed by atoms with Crippen molar-refractivity contribution in [2.24, 2.45) is 5.73 Å². The van der Waals surface area contributed by atoms with Crippen molar-refractivity contribution in [3.05, 3.63) is 65.2 Å². The van der Waals surface area contributed by atoms with Crippen LogP contribution in [0.25, 0.3) is 0 Å². The van der Waals surface area contributed by atoms with Gasteiger partial charge >= 0.3 is 0 Å². The van der Waals surface area contributed by atoms with Crippen molar-refractivity contribution >= 4 is 28.2 Å². The van der Waals surface area contributed by atoms with E-state index in [0.29, 0.717) is 22.6 Å². The van der Waals surface area contributed by atoms with Crippen LogP contribution in [0, 0.1) is 6.92 Å². The molecule has 0 saturated heterocycles. The lowest BCUT2D eigenvalue weighted by Gasteiger charge is -2.18. The molecule has 2 aromatic rings.